The zero-order chi connectivity index (χ0) is 12.4. The van der Waals surface area contributed by atoms with Gasteiger partial charge in [0.25, 0.3) is 5.78 Å². The van der Waals surface area contributed by atoms with Crippen molar-refractivity contribution in [1.29, 1.82) is 5.41 Å². The molecule has 0 amide bonds. The molecule has 86 valence electrons. The summed E-state index contributed by atoms with van der Waals surface area (Å²) in [5, 5.41) is 14.5. The highest BCUT2D eigenvalue weighted by Crippen LogP contribution is 2.29. The Morgan fingerprint density at radius 1 is 1.07 bits per heavy atom. The smallest absolute Gasteiger partial charge is 0.455 e. The van der Waals surface area contributed by atoms with Gasteiger partial charge >= 0.3 is 12.4 Å². The van der Waals surface area contributed by atoms with Crippen molar-refractivity contribution in [2.75, 3.05) is 0 Å². The molecule has 0 rings (SSSR count). The molecule has 0 aliphatic rings. The first-order valence-corrected chi connectivity index (χ1v) is 3.14. The van der Waals surface area contributed by atoms with Crippen LogP contribution in [0.25, 0.3) is 0 Å². The van der Waals surface area contributed by atoms with E-state index in [0.717, 1.165) is 0 Å². The van der Waals surface area contributed by atoms with Crippen molar-refractivity contribution < 1.29 is 36.2 Å². The van der Waals surface area contributed by atoms with E-state index in [-0.39, 0.29) is 0 Å². The molecule has 0 aromatic heterocycles. The highest BCUT2D eigenvalue weighted by atomic mass is 19.4. The zero-order valence-electron chi connectivity index (χ0n) is 6.70. The van der Waals surface area contributed by atoms with E-state index in [1.54, 1.807) is 0 Å². The summed E-state index contributed by atoms with van der Waals surface area (Å²) < 4.78 is 70.1. The van der Waals surface area contributed by atoms with Crippen LogP contribution in [0.15, 0.2) is 11.3 Å². The minimum atomic E-state index is -5.58. The van der Waals surface area contributed by atoms with Crippen molar-refractivity contribution in [3.63, 3.8) is 0 Å². The number of halogens is 6. The lowest BCUT2D eigenvalue weighted by Crippen LogP contribution is -2.29. The zero-order valence-corrected chi connectivity index (χ0v) is 6.70. The van der Waals surface area contributed by atoms with Crippen molar-refractivity contribution in [2.45, 2.75) is 12.4 Å². The lowest BCUT2D eigenvalue weighted by molar-refractivity contribution is -0.167. The maximum Gasteiger partial charge on any atom is 0.455 e. The molecule has 0 spiro atoms. The highest BCUT2D eigenvalue weighted by Gasteiger charge is 2.46. The first-order chi connectivity index (χ1) is 6.51. The maximum atomic E-state index is 11.7. The minimum Gasteiger partial charge on any atom is -0.504 e. The number of alkyl halides is 6. The van der Waals surface area contributed by atoms with Crippen LogP contribution in [0.1, 0.15) is 0 Å². The van der Waals surface area contributed by atoms with Gasteiger partial charge in [0.05, 0.1) is 5.57 Å². The summed E-state index contributed by atoms with van der Waals surface area (Å²) >= 11 is 0. The fourth-order valence-corrected chi connectivity index (χ4v) is 0.547. The van der Waals surface area contributed by atoms with Crippen LogP contribution >= 0.6 is 0 Å². The summed E-state index contributed by atoms with van der Waals surface area (Å²) in [5.41, 5.74) is -2.14. The molecule has 0 saturated carbocycles. The molecule has 0 aliphatic heterocycles. The van der Waals surface area contributed by atoms with Gasteiger partial charge in [0.1, 0.15) is 0 Å². The van der Waals surface area contributed by atoms with Gasteiger partial charge in [-0.05, 0) is 0 Å². The Hall–Kier alpha value is -1.54. The number of carbonyl (C=O) groups excluding carboxylic acids is 1. The fraction of sp³-hybridized carbons (Fsp3) is 0.333. The molecule has 15 heavy (non-hydrogen) atoms. The van der Waals surface area contributed by atoms with Gasteiger partial charge in [-0.15, -0.1) is 0 Å². The van der Waals surface area contributed by atoms with Gasteiger partial charge in [0.2, 0.25) is 5.76 Å². The summed E-state index contributed by atoms with van der Waals surface area (Å²) in [4.78, 5) is 10.3. The SMILES string of the molecule is N=C/C(C(=O)C(F)(F)F)=C(/O)C(F)(F)F. The molecule has 0 unspecified atom stereocenters. The first-order valence-electron chi connectivity index (χ1n) is 3.14. The molecular weight excluding hydrogens is 232 g/mol. The lowest BCUT2D eigenvalue weighted by Gasteiger charge is -2.10. The molecule has 0 aliphatic carbocycles. The van der Waals surface area contributed by atoms with Crippen LogP contribution in [0.2, 0.25) is 0 Å². The number of rotatable bonds is 2. The van der Waals surface area contributed by atoms with E-state index in [1.807, 2.05) is 0 Å². The Labute approximate surface area is 78.5 Å². The van der Waals surface area contributed by atoms with Gasteiger partial charge < -0.3 is 10.5 Å². The molecule has 0 fully saturated rings. The van der Waals surface area contributed by atoms with Crippen LogP contribution in [0, 0.1) is 5.41 Å². The van der Waals surface area contributed by atoms with Gasteiger partial charge in [-0.1, -0.05) is 0 Å². The second-order valence-electron chi connectivity index (χ2n) is 2.23. The van der Waals surface area contributed by atoms with E-state index in [9.17, 15) is 31.1 Å². The number of hydrogen-bond acceptors (Lipinski definition) is 3. The number of aliphatic hydroxyl groups excluding tert-OH is 1. The third kappa shape index (κ3) is 3.26. The van der Waals surface area contributed by atoms with E-state index in [2.05, 4.69) is 0 Å². The van der Waals surface area contributed by atoms with Crippen molar-refractivity contribution in [3.05, 3.63) is 11.3 Å². The predicted octanol–water partition coefficient (Wildman–Crippen LogP) is 2.14. The summed E-state index contributed by atoms with van der Waals surface area (Å²) in [6.07, 6.45) is -11.6. The number of allylic oxidation sites excluding steroid dienone is 2. The second kappa shape index (κ2) is 3.91. The van der Waals surface area contributed by atoms with Crippen molar-refractivity contribution in [2.24, 2.45) is 0 Å². The molecule has 2 N–H and O–H groups in total. The number of carbonyl (C=O) groups is 1. The first kappa shape index (κ1) is 13.5. The van der Waals surface area contributed by atoms with E-state index >= 15 is 0 Å². The van der Waals surface area contributed by atoms with Crippen molar-refractivity contribution >= 4 is 12.0 Å². The molecule has 3 nitrogen and oxygen atoms in total. The number of nitrogens with one attached hydrogen (secondary N) is 1. The van der Waals surface area contributed by atoms with E-state index in [0.29, 0.717) is 0 Å². The molecule has 0 heterocycles. The summed E-state index contributed by atoms with van der Waals surface area (Å²) in [7, 11) is 0. The molecule has 0 aromatic carbocycles. The monoisotopic (exact) mass is 235 g/mol. The van der Waals surface area contributed by atoms with Crippen molar-refractivity contribution in [1.82, 2.24) is 0 Å². The largest absolute Gasteiger partial charge is 0.504 e. The van der Waals surface area contributed by atoms with E-state index in [1.165, 1.54) is 0 Å². The molecule has 0 atom stereocenters. The van der Waals surface area contributed by atoms with Gasteiger partial charge in [-0.2, -0.15) is 26.3 Å². The summed E-state index contributed by atoms with van der Waals surface area (Å²) in [5.74, 6) is -5.66. The van der Waals surface area contributed by atoms with Gasteiger partial charge in [-0.3, -0.25) is 4.79 Å². The Morgan fingerprint density at radius 2 is 1.47 bits per heavy atom. The second-order valence-corrected chi connectivity index (χ2v) is 2.23. The number of hydrogen-bond donors (Lipinski definition) is 2. The van der Waals surface area contributed by atoms with Crippen LogP contribution in [0.3, 0.4) is 0 Å². The lowest BCUT2D eigenvalue weighted by atomic mass is 10.1. The molecular formula is C6H3F6NO2. The average molecular weight is 235 g/mol. The Morgan fingerprint density at radius 3 is 1.67 bits per heavy atom. The Balaban J connectivity index is 5.45. The Bertz CT molecular complexity index is 313. The van der Waals surface area contributed by atoms with Crippen LogP contribution in [-0.4, -0.2) is 29.5 Å². The quantitative estimate of drug-likeness (QED) is 0.333. The number of aliphatic hydroxyl groups is 1. The fourth-order valence-electron chi connectivity index (χ4n) is 0.547. The van der Waals surface area contributed by atoms with Crippen LogP contribution < -0.4 is 0 Å². The third-order valence-electron chi connectivity index (χ3n) is 1.17. The van der Waals surface area contributed by atoms with Crippen LogP contribution in [0.5, 0.6) is 0 Å². The highest BCUT2D eigenvalue weighted by molar-refractivity contribution is 6.15. The van der Waals surface area contributed by atoms with Gasteiger partial charge in [0, 0.05) is 6.21 Å². The van der Waals surface area contributed by atoms with Gasteiger partial charge in [-0.25, -0.2) is 0 Å². The summed E-state index contributed by atoms with van der Waals surface area (Å²) in [6, 6.07) is 0. The topological polar surface area (TPSA) is 61.2 Å². The molecule has 0 bridgehead atoms. The maximum absolute atomic E-state index is 11.7. The molecule has 0 saturated heterocycles. The van der Waals surface area contributed by atoms with Crippen molar-refractivity contribution in [3.8, 4) is 0 Å². The normalized spacial score (nSPS) is 14.5. The Kier molecular flexibility index (Phi) is 3.51. The number of Topliss-reactive ketones (excluding diaryl/α,β-unsaturated/α-hetero) is 1. The van der Waals surface area contributed by atoms with E-state index < -0.39 is 35.7 Å². The number of ketones is 1. The molecule has 9 heteroatoms. The van der Waals surface area contributed by atoms with Crippen LogP contribution in [0.4, 0.5) is 26.3 Å². The average Bonchev–Trinajstić information content (AvgIpc) is 2.01. The minimum absolute atomic E-state index is 0.501. The van der Waals surface area contributed by atoms with Gasteiger partial charge in [0.15, 0.2) is 0 Å². The van der Waals surface area contributed by atoms with E-state index in [4.69, 9.17) is 10.5 Å². The molecule has 0 aromatic rings. The standard InChI is InChI=1S/C6H3F6NO2/c7-5(8,9)3(14)2(1-13)4(15)6(10,11)12/h1,13-14H/b3-2-,13-1?. The third-order valence-corrected chi connectivity index (χ3v) is 1.17. The molecule has 0 radical (unpaired) electrons. The predicted molar refractivity (Wildman–Crippen MR) is 35.6 cm³/mol. The van der Waals surface area contributed by atoms with Crippen LogP contribution in [-0.2, 0) is 4.79 Å². The summed E-state index contributed by atoms with van der Waals surface area (Å²) in [6.45, 7) is 0.